The van der Waals surface area contributed by atoms with Crippen LogP contribution >= 0.6 is 11.3 Å². The van der Waals surface area contributed by atoms with Gasteiger partial charge in [0.2, 0.25) is 0 Å². The lowest BCUT2D eigenvalue weighted by Gasteiger charge is -2.10. The van der Waals surface area contributed by atoms with Gasteiger partial charge in [-0.1, -0.05) is 0 Å². The minimum Gasteiger partial charge on any atom is -0.493 e. The molecule has 0 N–H and O–H groups in total. The molecule has 0 saturated heterocycles. The lowest BCUT2D eigenvalue weighted by molar-refractivity contribution is 0.101. The van der Waals surface area contributed by atoms with E-state index in [1.165, 1.54) is 37.5 Å². The van der Waals surface area contributed by atoms with E-state index >= 15 is 0 Å². The number of thiazole rings is 1. The van der Waals surface area contributed by atoms with Crippen molar-refractivity contribution in [3.63, 3.8) is 0 Å². The van der Waals surface area contributed by atoms with E-state index in [2.05, 4.69) is 4.98 Å². The van der Waals surface area contributed by atoms with Crippen LogP contribution in [0.25, 0.3) is 0 Å². The summed E-state index contributed by atoms with van der Waals surface area (Å²) in [5, 5.41) is 2.68. The van der Waals surface area contributed by atoms with Gasteiger partial charge in [0.05, 0.1) is 12.8 Å². The van der Waals surface area contributed by atoms with Crippen LogP contribution < -0.4 is 14.2 Å². The van der Waals surface area contributed by atoms with Gasteiger partial charge in [0, 0.05) is 10.9 Å². The average molecular weight is 387 g/mol. The van der Waals surface area contributed by atoms with Crippen molar-refractivity contribution >= 4 is 17.1 Å². The predicted octanol–water partition coefficient (Wildman–Crippen LogP) is 4.65. The summed E-state index contributed by atoms with van der Waals surface area (Å²) in [6.07, 6.45) is 0. The molecule has 0 radical (unpaired) electrons. The van der Waals surface area contributed by atoms with Gasteiger partial charge < -0.3 is 14.2 Å². The fourth-order valence-corrected chi connectivity index (χ4v) is 3.00. The lowest BCUT2D eigenvalue weighted by Crippen LogP contribution is -2.01. The Labute approximate surface area is 160 Å². The molecule has 3 rings (SSSR count). The molecular weight excluding hydrogens is 369 g/mol. The van der Waals surface area contributed by atoms with Crippen molar-refractivity contribution in [3.8, 4) is 17.2 Å². The first-order chi connectivity index (χ1) is 13.0. The fourth-order valence-electron chi connectivity index (χ4n) is 2.31. The Kier molecular flexibility index (Phi) is 6.03. The number of hydrogen-bond donors (Lipinski definition) is 0. The van der Waals surface area contributed by atoms with Gasteiger partial charge in [0.15, 0.2) is 17.3 Å². The minimum absolute atomic E-state index is 0.0369. The highest BCUT2D eigenvalue weighted by Crippen LogP contribution is 2.29. The topological polar surface area (TPSA) is 57.7 Å². The summed E-state index contributed by atoms with van der Waals surface area (Å²) < 4.78 is 29.5. The van der Waals surface area contributed by atoms with Gasteiger partial charge in [0.1, 0.15) is 29.8 Å². The van der Waals surface area contributed by atoms with Gasteiger partial charge >= 0.3 is 0 Å². The van der Waals surface area contributed by atoms with Crippen molar-refractivity contribution in [2.45, 2.75) is 20.1 Å². The number of nitrogens with zero attached hydrogens (tertiary/aromatic N) is 1. The van der Waals surface area contributed by atoms with Crippen LogP contribution in [0.4, 0.5) is 4.39 Å². The monoisotopic (exact) mass is 387 g/mol. The van der Waals surface area contributed by atoms with E-state index in [9.17, 15) is 9.18 Å². The van der Waals surface area contributed by atoms with Gasteiger partial charge in [-0.25, -0.2) is 9.37 Å². The summed E-state index contributed by atoms with van der Waals surface area (Å²) in [6, 6.07) is 10.9. The smallest absolute Gasteiger partial charge is 0.161 e. The van der Waals surface area contributed by atoms with Gasteiger partial charge in [0.25, 0.3) is 0 Å². The molecule has 2 aromatic carbocycles. The van der Waals surface area contributed by atoms with E-state index in [-0.39, 0.29) is 18.2 Å². The molecule has 0 bridgehead atoms. The number of carbonyl (C=O) groups excluding carboxylic acids is 1. The third-order valence-electron chi connectivity index (χ3n) is 3.72. The first-order valence-corrected chi connectivity index (χ1v) is 9.06. The summed E-state index contributed by atoms with van der Waals surface area (Å²) in [5.41, 5.74) is 1.32. The standard InChI is InChI=1S/C20H18FNO4S/c1-13(23)14-3-8-18(19(9-14)24-2)26-10-16-12-27-20(22-16)11-25-17-6-4-15(21)5-7-17/h3-9,12H,10-11H2,1-2H3. The summed E-state index contributed by atoms with van der Waals surface area (Å²) in [7, 11) is 1.53. The number of Topliss-reactive ketones (excluding diaryl/α,β-unsaturated/α-hetero) is 1. The molecule has 0 spiro atoms. The SMILES string of the molecule is COc1cc(C(C)=O)ccc1OCc1csc(COc2ccc(F)cc2)n1. The van der Waals surface area contributed by atoms with Gasteiger partial charge in [-0.05, 0) is 49.4 Å². The molecule has 0 aliphatic heterocycles. The molecule has 1 heterocycles. The number of rotatable bonds is 8. The summed E-state index contributed by atoms with van der Waals surface area (Å²) in [4.78, 5) is 15.9. The number of halogens is 1. The van der Waals surface area contributed by atoms with Crippen LogP contribution in [0.1, 0.15) is 28.0 Å². The predicted molar refractivity (Wildman–Crippen MR) is 100 cm³/mol. The number of hydrogen-bond acceptors (Lipinski definition) is 6. The molecule has 0 saturated carbocycles. The molecule has 140 valence electrons. The molecule has 0 aliphatic carbocycles. The molecule has 7 heteroatoms. The molecule has 1 aromatic heterocycles. The van der Waals surface area contributed by atoms with Gasteiger partial charge in [-0.15, -0.1) is 11.3 Å². The zero-order valence-corrected chi connectivity index (χ0v) is 15.7. The van der Waals surface area contributed by atoms with Crippen LogP contribution in [0.5, 0.6) is 17.2 Å². The Hall–Kier alpha value is -2.93. The molecule has 3 aromatic rings. The first-order valence-electron chi connectivity index (χ1n) is 8.18. The number of methoxy groups -OCH3 is 1. The maximum absolute atomic E-state index is 12.9. The molecular formula is C20H18FNO4S. The highest BCUT2D eigenvalue weighted by Gasteiger charge is 2.10. The molecule has 0 fully saturated rings. The minimum atomic E-state index is -0.303. The highest BCUT2D eigenvalue weighted by molar-refractivity contribution is 7.09. The maximum Gasteiger partial charge on any atom is 0.161 e. The van der Waals surface area contributed by atoms with Crippen molar-refractivity contribution in [1.82, 2.24) is 4.98 Å². The summed E-state index contributed by atoms with van der Waals surface area (Å²) in [6.45, 7) is 2.07. The Morgan fingerprint density at radius 1 is 1.07 bits per heavy atom. The first kappa shape index (κ1) is 18.8. The van der Waals surface area contributed by atoms with Crippen molar-refractivity contribution in [2.75, 3.05) is 7.11 Å². The molecule has 0 aliphatic rings. The van der Waals surface area contributed by atoms with Crippen LogP contribution in [0, 0.1) is 5.82 Å². The summed E-state index contributed by atoms with van der Waals surface area (Å²) >= 11 is 1.46. The molecule has 0 atom stereocenters. The van der Waals surface area contributed by atoms with E-state index in [1.807, 2.05) is 5.38 Å². The van der Waals surface area contributed by atoms with Crippen molar-refractivity contribution in [1.29, 1.82) is 0 Å². The zero-order chi connectivity index (χ0) is 19.2. The number of ether oxygens (including phenoxy) is 3. The number of benzene rings is 2. The maximum atomic E-state index is 12.9. The van der Waals surface area contributed by atoms with Crippen LogP contribution in [-0.4, -0.2) is 17.9 Å². The number of carbonyl (C=O) groups is 1. The quantitative estimate of drug-likeness (QED) is 0.527. The van der Waals surface area contributed by atoms with Crippen LogP contribution in [0.3, 0.4) is 0 Å². The van der Waals surface area contributed by atoms with E-state index in [0.29, 0.717) is 29.4 Å². The molecule has 0 amide bonds. The molecule has 0 unspecified atom stereocenters. The third kappa shape index (κ3) is 5.04. The third-order valence-corrected chi connectivity index (χ3v) is 4.59. The Morgan fingerprint density at radius 3 is 2.56 bits per heavy atom. The second kappa shape index (κ2) is 8.64. The lowest BCUT2D eigenvalue weighted by atomic mass is 10.1. The van der Waals surface area contributed by atoms with Gasteiger partial charge in [-0.2, -0.15) is 0 Å². The second-order valence-electron chi connectivity index (χ2n) is 5.69. The van der Waals surface area contributed by atoms with Crippen LogP contribution in [-0.2, 0) is 13.2 Å². The zero-order valence-electron chi connectivity index (χ0n) is 14.9. The van der Waals surface area contributed by atoms with Crippen molar-refractivity contribution in [3.05, 3.63) is 69.9 Å². The second-order valence-corrected chi connectivity index (χ2v) is 6.63. The van der Waals surface area contributed by atoms with Crippen molar-refractivity contribution < 1.29 is 23.4 Å². The molecule has 5 nitrogen and oxygen atoms in total. The number of aromatic nitrogens is 1. The largest absolute Gasteiger partial charge is 0.493 e. The Balaban J connectivity index is 1.58. The van der Waals surface area contributed by atoms with Crippen molar-refractivity contribution in [2.24, 2.45) is 0 Å². The van der Waals surface area contributed by atoms with Crippen LogP contribution in [0.2, 0.25) is 0 Å². The average Bonchev–Trinajstić information content (AvgIpc) is 3.13. The Bertz CT molecular complexity index is 924. The number of ketones is 1. The molecule has 27 heavy (non-hydrogen) atoms. The van der Waals surface area contributed by atoms with E-state index < -0.39 is 0 Å². The van der Waals surface area contributed by atoms with E-state index in [4.69, 9.17) is 14.2 Å². The Morgan fingerprint density at radius 2 is 1.85 bits per heavy atom. The van der Waals surface area contributed by atoms with Crippen LogP contribution in [0.15, 0.2) is 47.8 Å². The van der Waals surface area contributed by atoms with Gasteiger partial charge in [-0.3, -0.25) is 4.79 Å². The normalized spacial score (nSPS) is 10.5. The van der Waals surface area contributed by atoms with E-state index in [1.54, 1.807) is 30.3 Å². The fraction of sp³-hybridized carbons (Fsp3) is 0.200. The van der Waals surface area contributed by atoms with E-state index in [0.717, 1.165) is 10.7 Å². The highest BCUT2D eigenvalue weighted by atomic mass is 32.1. The summed E-state index contributed by atoms with van der Waals surface area (Å²) in [5.74, 6) is 1.28.